The molecule has 106 valence electrons. The lowest BCUT2D eigenvalue weighted by atomic mass is 10.0. The molecule has 0 aliphatic carbocycles. The van der Waals surface area contributed by atoms with Gasteiger partial charge in [0.2, 0.25) is 0 Å². The summed E-state index contributed by atoms with van der Waals surface area (Å²) in [7, 11) is 0. The Morgan fingerprint density at radius 1 is 1.10 bits per heavy atom. The fourth-order valence-electron chi connectivity index (χ4n) is 2.19. The Kier molecular flexibility index (Phi) is 3.82. The van der Waals surface area contributed by atoms with Crippen molar-refractivity contribution in [2.75, 3.05) is 13.2 Å². The average molecular weight is 295 g/mol. The van der Waals surface area contributed by atoms with E-state index < -0.39 is 0 Å². The lowest BCUT2D eigenvalue weighted by molar-refractivity contribution is 0.297. The molecule has 1 aliphatic heterocycles. The summed E-state index contributed by atoms with van der Waals surface area (Å²) in [6.07, 6.45) is 0.871. The van der Waals surface area contributed by atoms with Gasteiger partial charge in [0.05, 0.1) is 13.2 Å². The van der Waals surface area contributed by atoms with Gasteiger partial charge in [-0.1, -0.05) is 6.07 Å². The van der Waals surface area contributed by atoms with Gasteiger partial charge >= 0.3 is 0 Å². The van der Waals surface area contributed by atoms with E-state index in [-0.39, 0.29) is 6.04 Å². The Balaban J connectivity index is 1.94. The third-order valence-electron chi connectivity index (χ3n) is 3.15. The fraction of sp³-hybridized carbons (Fsp3) is 0.286. The summed E-state index contributed by atoms with van der Waals surface area (Å²) in [5, 5.41) is 0.328. The van der Waals surface area contributed by atoms with Gasteiger partial charge < -0.3 is 13.9 Å². The highest BCUT2D eigenvalue weighted by atomic mass is 35.5. The number of fused-ring (bicyclic) bond motifs is 1. The highest BCUT2D eigenvalue weighted by molar-refractivity contribution is 6.28. The van der Waals surface area contributed by atoms with E-state index >= 15 is 0 Å². The zero-order valence-corrected chi connectivity index (χ0v) is 11.5. The van der Waals surface area contributed by atoms with E-state index in [1.165, 1.54) is 0 Å². The molecule has 0 saturated heterocycles. The SMILES string of the molecule is NNC(c1ccc2c(c1)OCCCO2)c1ccc(Cl)o1. The van der Waals surface area contributed by atoms with Crippen molar-refractivity contribution in [2.45, 2.75) is 12.5 Å². The first-order chi connectivity index (χ1) is 9.78. The first kappa shape index (κ1) is 13.3. The number of nitrogens with two attached hydrogens (primary N) is 1. The van der Waals surface area contributed by atoms with Gasteiger partial charge in [0.25, 0.3) is 0 Å². The molecule has 0 saturated carbocycles. The Morgan fingerprint density at radius 3 is 2.60 bits per heavy atom. The Hall–Kier alpha value is -1.69. The molecule has 5 nitrogen and oxygen atoms in total. The maximum Gasteiger partial charge on any atom is 0.193 e. The van der Waals surface area contributed by atoms with Crippen molar-refractivity contribution in [3.8, 4) is 11.5 Å². The predicted octanol–water partition coefficient (Wildman–Crippen LogP) is 2.65. The second kappa shape index (κ2) is 5.75. The average Bonchev–Trinajstić information content (AvgIpc) is 2.75. The molecule has 2 heterocycles. The van der Waals surface area contributed by atoms with Crippen LogP contribution in [0.2, 0.25) is 5.22 Å². The molecule has 0 amide bonds. The number of rotatable bonds is 3. The van der Waals surface area contributed by atoms with Crippen molar-refractivity contribution in [2.24, 2.45) is 5.84 Å². The van der Waals surface area contributed by atoms with Crippen LogP contribution in [0.5, 0.6) is 11.5 Å². The number of ether oxygens (including phenoxy) is 2. The number of halogens is 1. The van der Waals surface area contributed by atoms with Gasteiger partial charge in [-0.2, -0.15) is 0 Å². The minimum Gasteiger partial charge on any atom is -0.490 e. The topological polar surface area (TPSA) is 69.7 Å². The van der Waals surface area contributed by atoms with Crippen LogP contribution < -0.4 is 20.7 Å². The third kappa shape index (κ3) is 2.60. The standard InChI is InChI=1S/C14H15ClN2O3/c15-13-5-4-11(20-13)14(17-16)9-2-3-10-12(8-9)19-7-1-6-18-10/h2-5,8,14,17H,1,6-7,16H2. The van der Waals surface area contributed by atoms with E-state index in [1.54, 1.807) is 12.1 Å². The minimum atomic E-state index is -0.292. The van der Waals surface area contributed by atoms with Gasteiger partial charge in [-0.25, -0.2) is 5.43 Å². The summed E-state index contributed by atoms with van der Waals surface area (Å²) in [6, 6.07) is 8.89. The summed E-state index contributed by atoms with van der Waals surface area (Å²) in [4.78, 5) is 0. The second-order valence-corrected chi connectivity index (χ2v) is 4.87. The molecule has 0 fully saturated rings. The molecule has 0 spiro atoms. The van der Waals surface area contributed by atoms with E-state index in [0.29, 0.717) is 24.2 Å². The van der Waals surface area contributed by atoms with Crippen molar-refractivity contribution in [1.82, 2.24) is 5.43 Å². The normalized spacial score (nSPS) is 15.7. The van der Waals surface area contributed by atoms with Gasteiger partial charge in [0.15, 0.2) is 16.7 Å². The molecule has 0 bridgehead atoms. The van der Waals surface area contributed by atoms with Gasteiger partial charge in [-0.3, -0.25) is 5.84 Å². The van der Waals surface area contributed by atoms with E-state index in [1.807, 2.05) is 18.2 Å². The Labute approximate surface area is 121 Å². The van der Waals surface area contributed by atoms with Crippen LogP contribution in [0.1, 0.15) is 23.8 Å². The Bertz CT molecular complexity index is 600. The van der Waals surface area contributed by atoms with Crippen molar-refractivity contribution >= 4 is 11.6 Å². The first-order valence-corrected chi connectivity index (χ1v) is 6.76. The van der Waals surface area contributed by atoms with Gasteiger partial charge in [-0.15, -0.1) is 0 Å². The van der Waals surface area contributed by atoms with Crippen LogP contribution in [0.25, 0.3) is 0 Å². The maximum absolute atomic E-state index is 5.81. The molecule has 1 aromatic carbocycles. The number of nitrogens with one attached hydrogen (secondary N) is 1. The highest BCUT2D eigenvalue weighted by Crippen LogP contribution is 2.34. The lowest BCUT2D eigenvalue weighted by Crippen LogP contribution is -2.28. The number of benzene rings is 1. The van der Waals surface area contributed by atoms with Gasteiger partial charge in [0.1, 0.15) is 11.8 Å². The van der Waals surface area contributed by atoms with Crippen LogP contribution >= 0.6 is 11.6 Å². The van der Waals surface area contributed by atoms with Crippen LogP contribution in [0.4, 0.5) is 0 Å². The molecule has 2 aromatic rings. The molecular weight excluding hydrogens is 280 g/mol. The zero-order chi connectivity index (χ0) is 13.9. The summed E-state index contributed by atoms with van der Waals surface area (Å²) in [5.41, 5.74) is 3.64. The lowest BCUT2D eigenvalue weighted by Gasteiger charge is -2.16. The van der Waals surface area contributed by atoms with Crippen LogP contribution in [-0.4, -0.2) is 13.2 Å². The summed E-state index contributed by atoms with van der Waals surface area (Å²) in [6.45, 7) is 1.31. The smallest absolute Gasteiger partial charge is 0.193 e. The summed E-state index contributed by atoms with van der Waals surface area (Å²) in [5.74, 6) is 7.74. The third-order valence-corrected chi connectivity index (χ3v) is 3.35. The van der Waals surface area contributed by atoms with E-state index in [4.69, 9.17) is 31.3 Å². The first-order valence-electron chi connectivity index (χ1n) is 6.39. The molecule has 1 aliphatic rings. The largest absolute Gasteiger partial charge is 0.490 e. The van der Waals surface area contributed by atoms with Crippen molar-refractivity contribution in [1.29, 1.82) is 0 Å². The van der Waals surface area contributed by atoms with E-state index in [0.717, 1.165) is 23.5 Å². The molecule has 3 N–H and O–H groups in total. The predicted molar refractivity (Wildman–Crippen MR) is 74.9 cm³/mol. The van der Waals surface area contributed by atoms with Gasteiger partial charge in [0, 0.05) is 6.42 Å². The molecule has 1 unspecified atom stereocenters. The van der Waals surface area contributed by atoms with Crippen LogP contribution in [-0.2, 0) is 0 Å². The number of hydrazine groups is 1. The summed E-state index contributed by atoms with van der Waals surface area (Å²) < 4.78 is 16.7. The monoisotopic (exact) mass is 294 g/mol. The molecule has 1 aromatic heterocycles. The molecule has 0 radical (unpaired) electrons. The van der Waals surface area contributed by atoms with Crippen LogP contribution in [0, 0.1) is 0 Å². The number of hydrogen-bond donors (Lipinski definition) is 2. The zero-order valence-electron chi connectivity index (χ0n) is 10.8. The molecule has 3 rings (SSSR count). The quantitative estimate of drug-likeness (QED) is 0.673. The minimum absolute atomic E-state index is 0.292. The second-order valence-electron chi connectivity index (χ2n) is 4.50. The molecule has 6 heteroatoms. The molecular formula is C14H15ClN2O3. The highest BCUT2D eigenvalue weighted by Gasteiger charge is 2.19. The maximum atomic E-state index is 5.81. The van der Waals surface area contributed by atoms with Crippen molar-refractivity contribution < 1.29 is 13.9 Å². The summed E-state index contributed by atoms with van der Waals surface area (Å²) >= 11 is 5.81. The van der Waals surface area contributed by atoms with Crippen molar-refractivity contribution in [3.63, 3.8) is 0 Å². The van der Waals surface area contributed by atoms with Crippen LogP contribution in [0.15, 0.2) is 34.7 Å². The number of furan rings is 1. The van der Waals surface area contributed by atoms with Crippen molar-refractivity contribution in [3.05, 3.63) is 46.9 Å². The van der Waals surface area contributed by atoms with E-state index in [9.17, 15) is 0 Å². The van der Waals surface area contributed by atoms with Gasteiger partial charge in [-0.05, 0) is 41.4 Å². The Morgan fingerprint density at radius 2 is 1.90 bits per heavy atom. The van der Waals surface area contributed by atoms with Crippen LogP contribution in [0.3, 0.4) is 0 Å². The molecule has 1 atom stereocenters. The number of hydrogen-bond acceptors (Lipinski definition) is 5. The molecule has 20 heavy (non-hydrogen) atoms. The van der Waals surface area contributed by atoms with E-state index in [2.05, 4.69) is 5.43 Å². The fourth-order valence-corrected chi connectivity index (χ4v) is 2.34.